The van der Waals surface area contributed by atoms with Gasteiger partial charge in [0.2, 0.25) is 0 Å². The Morgan fingerprint density at radius 1 is 1.27 bits per heavy atom. The van der Waals surface area contributed by atoms with Gasteiger partial charge in [-0.05, 0) is 38.0 Å². The summed E-state index contributed by atoms with van der Waals surface area (Å²) < 4.78 is 11.3. The van der Waals surface area contributed by atoms with Crippen molar-refractivity contribution in [2.24, 2.45) is 5.41 Å². The van der Waals surface area contributed by atoms with E-state index >= 15 is 0 Å². The predicted octanol–water partition coefficient (Wildman–Crippen LogP) is 2.74. The third-order valence-electron chi connectivity index (χ3n) is 5.49. The minimum Gasteiger partial charge on any atom is -0.469 e. The summed E-state index contributed by atoms with van der Waals surface area (Å²) in [6.07, 6.45) is 7.34. The normalized spacial score (nSPS) is 23.9. The number of carbonyl (C=O) groups excluding carboxylic acids is 1. The maximum Gasteiger partial charge on any atom is 0.257 e. The standard InChI is InChI=1S/C20H25N3O3/c1-16-18(5-10-26-16)19(24)23-8-3-6-20(14-23)13-22(9-11-25-15-20)17-4-2-7-21-12-17/h2,4-5,7,10,12H,3,6,8-9,11,13-15H2,1H3/t20-/m0/s1. The molecule has 4 heterocycles. The fraction of sp³-hybridized carbons (Fsp3) is 0.500. The number of pyridine rings is 1. The Balaban J connectivity index is 1.54. The van der Waals surface area contributed by atoms with Crippen LogP contribution in [0.1, 0.15) is 29.0 Å². The van der Waals surface area contributed by atoms with Crippen LogP contribution in [0.4, 0.5) is 5.69 Å². The van der Waals surface area contributed by atoms with Crippen LogP contribution in [0, 0.1) is 12.3 Å². The van der Waals surface area contributed by atoms with Gasteiger partial charge in [0.05, 0.1) is 36.9 Å². The first-order valence-electron chi connectivity index (χ1n) is 9.23. The number of amides is 1. The number of hydrogen-bond donors (Lipinski definition) is 0. The second kappa shape index (κ2) is 7.11. The molecule has 6 nitrogen and oxygen atoms in total. The molecule has 0 radical (unpaired) electrons. The first-order valence-corrected chi connectivity index (χ1v) is 9.23. The van der Waals surface area contributed by atoms with E-state index in [-0.39, 0.29) is 11.3 Å². The van der Waals surface area contributed by atoms with E-state index in [1.807, 2.05) is 24.1 Å². The van der Waals surface area contributed by atoms with Gasteiger partial charge in [0.1, 0.15) is 5.76 Å². The van der Waals surface area contributed by atoms with Crippen LogP contribution in [0.2, 0.25) is 0 Å². The third kappa shape index (κ3) is 3.33. The average Bonchev–Trinajstić information content (AvgIpc) is 3.00. The number of aryl methyl sites for hydroxylation is 1. The van der Waals surface area contributed by atoms with Gasteiger partial charge in [-0.2, -0.15) is 0 Å². The summed E-state index contributed by atoms with van der Waals surface area (Å²) in [5.74, 6) is 0.747. The number of aromatic nitrogens is 1. The van der Waals surface area contributed by atoms with Crippen LogP contribution < -0.4 is 4.90 Å². The Kier molecular flexibility index (Phi) is 4.68. The summed E-state index contributed by atoms with van der Waals surface area (Å²) in [6.45, 7) is 6.47. The highest BCUT2D eigenvalue weighted by Crippen LogP contribution is 2.35. The molecule has 1 atom stereocenters. The minimum absolute atomic E-state index is 0.0438. The molecular weight excluding hydrogens is 330 g/mol. The zero-order valence-corrected chi connectivity index (χ0v) is 15.2. The maximum absolute atomic E-state index is 12.9. The van der Waals surface area contributed by atoms with Gasteiger partial charge in [0, 0.05) is 37.8 Å². The maximum atomic E-state index is 12.9. The number of hydrogen-bond acceptors (Lipinski definition) is 5. The Bertz CT molecular complexity index is 761. The number of furan rings is 1. The van der Waals surface area contributed by atoms with E-state index in [1.54, 1.807) is 18.5 Å². The summed E-state index contributed by atoms with van der Waals surface area (Å²) in [5.41, 5.74) is 1.74. The van der Waals surface area contributed by atoms with Crippen molar-refractivity contribution in [3.8, 4) is 0 Å². The lowest BCUT2D eigenvalue weighted by molar-refractivity contribution is 0.0134. The number of ether oxygens (including phenoxy) is 1. The number of likely N-dealkylation sites (tertiary alicyclic amines) is 1. The van der Waals surface area contributed by atoms with Gasteiger partial charge < -0.3 is 19.0 Å². The van der Waals surface area contributed by atoms with E-state index in [2.05, 4.69) is 16.0 Å². The number of nitrogens with zero attached hydrogens (tertiary/aromatic N) is 3. The Labute approximate surface area is 153 Å². The molecule has 2 aliphatic rings. The van der Waals surface area contributed by atoms with Crippen molar-refractivity contribution in [2.75, 3.05) is 44.3 Å². The first-order chi connectivity index (χ1) is 12.7. The molecule has 1 amide bonds. The third-order valence-corrected chi connectivity index (χ3v) is 5.49. The molecule has 2 aromatic rings. The van der Waals surface area contributed by atoms with E-state index in [0.717, 1.165) is 38.2 Å². The van der Waals surface area contributed by atoms with Crippen LogP contribution in [0.5, 0.6) is 0 Å². The molecule has 0 aliphatic carbocycles. The van der Waals surface area contributed by atoms with Gasteiger partial charge in [0.25, 0.3) is 5.91 Å². The van der Waals surface area contributed by atoms with Crippen LogP contribution in [0.3, 0.4) is 0 Å². The fourth-order valence-electron chi connectivity index (χ4n) is 4.16. The molecule has 0 N–H and O–H groups in total. The summed E-state index contributed by atoms with van der Waals surface area (Å²) in [4.78, 5) is 21.5. The van der Waals surface area contributed by atoms with Crippen LogP contribution in [0.25, 0.3) is 0 Å². The van der Waals surface area contributed by atoms with Crippen molar-refractivity contribution >= 4 is 11.6 Å². The van der Waals surface area contributed by atoms with E-state index in [4.69, 9.17) is 9.15 Å². The van der Waals surface area contributed by atoms with E-state index in [0.29, 0.717) is 31.1 Å². The molecule has 2 fully saturated rings. The smallest absolute Gasteiger partial charge is 0.257 e. The molecule has 0 unspecified atom stereocenters. The molecule has 2 aromatic heterocycles. The van der Waals surface area contributed by atoms with Gasteiger partial charge in [0.15, 0.2) is 0 Å². The zero-order chi connectivity index (χ0) is 18.0. The summed E-state index contributed by atoms with van der Waals surface area (Å²) in [6, 6.07) is 5.82. The summed E-state index contributed by atoms with van der Waals surface area (Å²) >= 11 is 0. The van der Waals surface area contributed by atoms with Crippen molar-refractivity contribution in [3.05, 3.63) is 48.2 Å². The van der Waals surface area contributed by atoms with Crippen LogP contribution in [-0.2, 0) is 4.74 Å². The van der Waals surface area contributed by atoms with E-state index < -0.39 is 0 Å². The quantitative estimate of drug-likeness (QED) is 0.829. The summed E-state index contributed by atoms with van der Waals surface area (Å²) in [7, 11) is 0. The highest BCUT2D eigenvalue weighted by molar-refractivity contribution is 5.95. The van der Waals surface area contributed by atoms with Gasteiger partial charge in [-0.15, -0.1) is 0 Å². The van der Waals surface area contributed by atoms with Gasteiger partial charge in [-0.1, -0.05) is 0 Å². The minimum atomic E-state index is -0.0438. The lowest BCUT2D eigenvalue weighted by Gasteiger charge is -2.43. The Morgan fingerprint density at radius 3 is 2.96 bits per heavy atom. The van der Waals surface area contributed by atoms with Gasteiger partial charge in [-0.25, -0.2) is 0 Å². The second-order valence-corrected chi connectivity index (χ2v) is 7.41. The van der Waals surface area contributed by atoms with Crippen molar-refractivity contribution in [3.63, 3.8) is 0 Å². The number of anilines is 1. The molecule has 2 saturated heterocycles. The molecule has 1 spiro atoms. The highest BCUT2D eigenvalue weighted by Gasteiger charge is 2.40. The van der Waals surface area contributed by atoms with Crippen molar-refractivity contribution < 1.29 is 13.9 Å². The van der Waals surface area contributed by atoms with Crippen molar-refractivity contribution in [1.29, 1.82) is 0 Å². The summed E-state index contributed by atoms with van der Waals surface area (Å²) in [5, 5.41) is 0. The van der Waals surface area contributed by atoms with Crippen LogP contribution in [-0.4, -0.2) is 55.2 Å². The molecule has 0 aromatic carbocycles. The lowest BCUT2D eigenvalue weighted by Crippen LogP contribution is -2.52. The molecule has 26 heavy (non-hydrogen) atoms. The molecule has 6 heteroatoms. The molecule has 0 saturated carbocycles. The zero-order valence-electron chi connectivity index (χ0n) is 15.2. The van der Waals surface area contributed by atoms with E-state index in [9.17, 15) is 4.79 Å². The van der Waals surface area contributed by atoms with Gasteiger partial charge in [-0.3, -0.25) is 9.78 Å². The largest absolute Gasteiger partial charge is 0.469 e. The average molecular weight is 355 g/mol. The SMILES string of the molecule is Cc1occc1C(=O)N1CCC[C@@]2(COCCN(c3cccnc3)C2)C1. The monoisotopic (exact) mass is 355 g/mol. The second-order valence-electron chi connectivity index (χ2n) is 7.41. The van der Waals surface area contributed by atoms with Crippen molar-refractivity contribution in [2.45, 2.75) is 19.8 Å². The molecule has 138 valence electrons. The highest BCUT2D eigenvalue weighted by atomic mass is 16.5. The molecule has 2 aliphatic heterocycles. The lowest BCUT2D eigenvalue weighted by atomic mass is 9.79. The van der Waals surface area contributed by atoms with Gasteiger partial charge >= 0.3 is 0 Å². The number of piperidine rings is 1. The predicted molar refractivity (Wildman–Crippen MR) is 98.3 cm³/mol. The number of rotatable bonds is 2. The number of carbonyl (C=O) groups is 1. The molecule has 4 rings (SSSR count). The van der Waals surface area contributed by atoms with Crippen molar-refractivity contribution in [1.82, 2.24) is 9.88 Å². The van der Waals surface area contributed by atoms with Crippen LogP contribution >= 0.6 is 0 Å². The van der Waals surface area contributed by atoms with Crippen LogP contribution in [0.15, 0.2) is 41.3 Å². The molecular formula is C20H25N3O3. The van der Waals surface area contributed by atoms with E-state index in [1.165, 1.54) is 0 Å². The molecule has 0 bridgehead atoms. The first kappa shape index (κ1) is 17.1. The Morgan fingerprint density at radius 2 is 2.19 bits per heavy atom. The fourth-order valence-corrected chi connectivity index (χ4v) is 4.16. The Hall–Kier alpha value is -2.34. The topological polar surface area (TPSA) is 58.8 Å².